The summed E-state index contributed by atoms with van der Waals surface area (Å²) in [5.74, 6) is -0.872. The van der Waals surface area contributed by atoms with Crippen LogP contribution in [-0.4, -0.2) is 37.2 Å². The number of hydrogen-bond acceptors (Lipinski definition) is 6. The van der Waals surface area contributed by atoms with Crippen molar-refractivity contribution in [2.24, 2.45) is 0 Å². The Morgan fingerprint density at radius 3 is 0.966 bits per heavy atom. The first-order valence-corrected chi connectivity index (χ1v) is 25.8. The van der Waals surface area contributed by atoms with E-state index in [2.05, 4.69) is 45.1 Å². The molecule has 0 aromatic heterocycles. The molecule has 1 atom stereocenters. The first-order valence-electron chi connectivity index (χ1n) is 25.8. The van der Waals surface area contributed by atoms with Crippen molar-refractivity contribution in [1.29, 1.82) is 0 Å². The van der Waals surface area contributed by atoms with Crippen LogP contribution in [0.25, 0.3) is 0 Å². The van der Waals surface area contributed by atoms with Crippen molar-refractivity contribution >= 4 is 17.9 Å². The number of ether oxygens (including phenoxy) is 3. The third kappa shape index (κ3) is 46.8. The number of hydrogen-bond donors (Lipinski definition) is 0. The van der Waals surface area contributed by atoms with Crippen molar-refractivity contribution in [2.75, 3.05) is 13.2 Å². The SMILES string of the molecule is CCCCC/C=C\C/C=C\CCCCCCCC(=O)OC[C@H](COC(=O)CCCCCCCCCCCCCCCCC)OC(=O)CCCCCCCCCCCCC. The van der Waals surface area contributed by atoms with Crippen LogP contribution in [0.4, 0.5) is 0 Å². The Bertz CT molecular complexity index is 958. The van der Waals surface area contributed by atoms with Crippen LogP contribution in [0.15, 0.2) is 24.3 Å². The third-order valence-corrected chi connectivity index (χ3v) is 11.5. The van der Waals surface area contributed by atoms with Crippen LogP contribution in [-0.2, 0) is 28.6 Å². The highest BCUT2D eigenvalue weighted by atomic mass is 16.6. The predicted molar refractivity (Wildman–Crippen MR) is 252 cm³/mol. The monoisotopic (exact) mass is 831 g/mol. The molecule has 0 saturated carbocycles. The predicted octanol–water partition coefficient (Wildman–Crippen LogP) is 16.8. The molecule has 0 unspecified atom stereocenters. The van der Waals surface area contributed by atoms with Gasteiger partial charge in [0.1, 0.15) is 13.2 Å². The first-order chi connectivity index (χ1) is 29.0. The highest BCUT2D eigenvalue weighted by Gasteiger charge is 2.19. The summed E-state index contributed by atoms with van der Waals surface area (Å²) in [5, 5.41) is 0. The summed E-state index contributed by atoms with van der Waals surface area (Å²) in [6.07, 6.45) is 54.4. The van der Waals surface area contributed by atoms with E-state index < -0.39 is 6.10 Å². The number of esters is 3. The smallest absolute Gasteiger partial charge is 0.306 e. The third-order valence-electron chi connectivity index (χ3n) is 11.5. The van der Waals surface area contributed by atoms with Gasteiger partial charge >= 0.3 is 17.9 Å². The highest BCUT2D eigenvalue weighted by molar-refractivity contribution is 5.71. The van der Waals surface area contributed by atoms with Crippen LogP contribution in [0.5, 0.6) is 0 Å². The summed E-state index contributed by atoms with van der Waals surface area (Å²) in [4.78, 5) is 37.9. The molecule has 0 aliphatic carbocycles. The molecular formula is C53H98O6. The molecule has 0 heterocycles. The van der Waals surface area contributed by atoms with E-state index in [1.54, 1.807) is 0 Å². The molecule has 0 amide bonds. The zero-order valence-electron chi connectivity index (χ0n) is 39.5. The van der Waals surface area contributed by atoms with E-state index in [0.29, 0.717) is 19.3 Å². The van der Waals surface area contributed by atoms with Gasteiger partial charge in [-0.3, -0.25) is 14.4 Å². The largest absolute Gasteiger partial charge is 0.462 e. The van der Waals surface area contributed by atoms with Gasteiger partial charge in [-0.2, -0.15) is 0 Å². The maximum atomic E-state index is 12.8. The molecule has 346 valence electrons. The van der Waals surface area contributed by atoms with Crippen LogP contribution in [0.1, 0.15) is 278 Å². The van der Waals surface area contributed by atoms with Gasteiger partial charge in [0.2, 0.25) is 0 Å². The number of unbranched alkanes of at least 4 members (excludes halogenated alkanes) is 32. The second-order valence-corrected chi connectivity index (χ2v) is 17.4. The number of rotatable bonds is 47. The molecule has 0 aliphatic rings. The first kappa shape index (κ1) is 56.9. The lowest BCUT2D eigenvalue weighted by atomic mass is 10.0. The number of carbonyl (C=O) groups excluding carboxylic acids is 3. The minimum absolute atomic E-state index is 0.0709. The van der Waals surface area contributed by atoms with Crippen LogP contribution >= 0.6 is 0 Å². The van der Waals surface area contributed by atoms with Crippen molar-refractivity contribution in [3.8, 4) is 0 Å². The molecule has 0 saturated heterocycles. The van der Waals surface area contributed by atoms with Crippen molar-refractivity contribution in [3.05, 3.63) is 24.3 Å². The normalized spacial score (nSPS) is 12.1. The minimum atomic E-state index is -0.770. The Hall–Kier alpha value is -2.11. The Kier molecular flexibility index (Phi) is 46.8. The van der Waals surface area contributed by atoms with Gasteiger partial charge in [-0.15, -0.1) is 0 Å². The minimum Gasteiger partial charge on any atom is -0.462 e. The average molecular weight is 831 g/mol. The highest BCUT2D eigenvalue weighted by Crippen LogP contribution is 2.16. The zero-order valence-corrected chi connectivity index (χ0v) is 39.5. The van der Waals surface area contributed by atoms with E-state index in [9.17, 15) is 14.4 Å². The van der Waals surface area contributed by atoms with Crippen molar-refractivity contribution < 1.29 is 28.6 Å². The van der Waals surface area contributed by atoms with Crippen molar-refractivity contribution in [2.45, 2.75) is 284 Å². The van der Waals surface area contributed by atoms with E-state index in [1.807, 2.05) is 0 Å². The van der Waals surface area contributed by atoms with E-state index in [4.69, 9.17) is 14.2 Å². The second kappa shape index (κ2) is 48.6. The molecule has 0 fully saturated rings. The van der Waals surface area contributed by atoms with Crippen LogP contribution < -0.4 is 0 Å². The molecule has 0 aromatic rings. The van der Waals surface area contributed by atoms with Gasteiger partial charge in [-0.05, 0) is 51.4 Å². The Morgan fingerprint density at radius 1 is 0.339 bits per heavy atom. The molecule has 59 heavy (non-hydrogen) atoms. The maximum Gasteiger partial charge on any atom is 0.306 e. The van der Waals surface area contributed by atoms with Crippen molar-refractivity contribution in [1.82, 2.24) is 0 Å². The molecule has 6 nitrogen and oxygen atoms in total. The summed E-state index contributed by atoms with van der Waals surface area (Å²) in [6, 6.07) is 0. The summed E-state index contributed by atoms with van der Waals surface area (Å²) >= 11 is 0. The molecule has 0 bridgehead atoms. The van der Waals surface area contributed by atoms with Gasteiger partial charge in [0.05, 0.1) is 0 Å². The Labute approximate surface area is 366 Å². The fourth-order valence-electron chi connectivity index (χ4n) is 7.53. The van der Waals surface area contributed by atoms with Crippen LogP contribution in [0.2, 0.25) is 0 Å². The molecule has 0 radical (unpaired) electrons. The Morgan fingerprint density at radius 2 is 0.610 bits per heavy atom. The fourth-order valence-corrected chi connectivity index (χ4v) is 7.53. The van der Waals surface area contributed by atoms with Crippen LogP contribution in [0, 0.1) is 0 Å². The van der Waals surface area contributed by atoms with Gasteiger partial charge in [0, 0.05) is 19.3 Å². The summed E-state index contributed by atoms with van der Waals surface area (Å²) in [7, 11) is 0. The summed E-state index contributed by atoms with van der Waals surface area (Å²) in [5.41, 5.74) is 0. The Balaban J connectivity index is 4.33. The van der Waals surface area contributed by atoms with E-state index in [0.717, 1.165) is 77.0 Å². The van der Waals surface area contributed by atoms with E-state index >= 15 is 0 Å². The number of allylic oxidation sites excluding steroid dienone is 4. The summed E-state index contributed by atoms with van der Waals surface area (Å²) < 4.78 is 16.8. The molecule has 0 aromatic carbocycles. The molecule has 0 rings (SSSR count). The summed E-state index contributed by atoms with van der Waals surface area (Å²) in [6.45, 7) is 6.62. The topological polar surface area (TPSA) is 78.9 Å². The molecule has 6 heteroatoms. The van der Waals surface area contributed by atoms with Gasteiger partial charge in [-0.1, -0.05) is 231 Å². The standard InChI is InChI=1S/C53H98O6/c1-4-7-10-13-16-19-22-24-26-28-31-33-36-39-42-45-51(54)57-48-50(59-53(56)47-44-41-38-35-30-21-18-15-12-9-6-3)49-58-52(55)46-43-40-37-34-32-29-27-25-23-20-17-14-11-8-5-2/h16,19,24,26,50H,4-15,17-18,20-23,25,27-49H2,1-3H3/b19-16-,26-24-/t50-/m1/s1. The average Bonchev–Trinajstić information content (AvgIpc) is 3.23. The molecular weight excluding hydrogens is 733 g/mol. The lowest BCUT2D eigenvalue weighted by molar-refractivity contribution is -0.167. The second-order valence-electron chi connectivity index (χ2n) is 17.4. The van der Waals surface area contributed by atoms with Gasteiger partial charge in [0.15, 0.2) is 6.10 Å². The van der Waals surface area contributed by atoms with Crippen molar-refractivity contribution in [3.63, 3.8) is 0 Å². The van der Waals surface area contributed by atoms with Gasteiger partial charge in [0.25, 0.3) is 0 Å². The molecule has 0 aliphatic heterocycles. The number of carbonyl (C=O) groups is 3. The maximum absolute atomic E-state index is 12.8. The zero-order chi connectivity index (χ0) is 43.0. The quantitative estimate of drug-likeness (QED) is 0.0263. The van der Waals surface area contributed by atoms with Crippen LogP contribution in [0.3, 0.4) is 0 Å². The fraction of sp³-hybridized carbons (Fsp3) is 0.868. The molecule has 0 N–H and O–H groups in total. The van der Waals surface area contributed by atoms with Gasteiger partial charge < -0.3 is 14.2 Å². The van der Waals surface area contributed by atoms with E-state index in [-0.39, 0.29) is 31.1 Å². The van der Waals surface area contributed by atoms with Gasteiger partial charge in [-0.25, -0.2) is 0 Å². The lowest BCUT2D eigenvalue weighted by Gasteiger charge is -2.18. The molecule has 0 spiro atoms. The van der Waals surface area contributed by atoms with E-state index in [1.165, 1.54) is 161 Å². The lowest BCUT2D eigenvalue weighted by Crippen LogP contribution is -2.30.